The fourth-order valence-electron chi connectivity index (χ4n) is 1.31. The van der Waals surface area contributed by atoms with Gasteiger partial charge in [-0.15, -0.1) is 11.3 Å². The number of hydrogen-bond donors (Lipinski definition) is 0. The van der Waals surface area contributed by atoms with Crippen molar-refractivity contribution in [2.75, 3.05) is 14.1 Å². The summed E-state index contributed by atoms with van der Waals surface area (Å²) in [5.41, 5.74) is 0.977. The lowest BCUT2D eigenvalue weighted by Gasteiger charge is -2.01. The Morgan fingerprint density at radius 2 is 2.06 bits per heavy atom. The van der Waals surface area contributed by atoms with E-state index in [4.69, 9.17) is 0 Å². The first-order valence-corrected chi connectivity index (χ1v) is 6.23. The van der Waals surface area contributed by atoms with Crippen molar-refractivity contribution in [2.24, 2.45) is 0 Å². The molecule has 18 heavy (non-hydrogen) atoms. The SMILES string of the molecule is CN(C)/C=C/C(=O)c1cnc(-c2ccncc2)s1. The zero-order valence-corrected chi connectivity index (χ0v) is 11.0. The van der Waals surface area contributed by atoms with Gasteiger partial charge in [-0.2, -0.15) is 0 Å². The van der Waals surface area contributed by atoms with Crippen molar-refractivity contribution < 1.29 is 4.79 Å². The predicted octanol–water partition coefficient (Wildman–Crippen LogP) is 2.46. The summed E-state index contributed by atoms with van der Waals surface area (Å²) in [7, 11) is 3.75. The van der Waals surface area contributed by atoms with Crippen molar-refractivity contribution in [1.29, 1.82) is 0 Å². The van der Waals surface area contributed by atoms with E-state index in [-0.39, 0.29) is 5.78 Å². The first-order valence-electron chi connectivity index (χ1n) is 5.42. The van der Waals surface area contributed by atoms with Gasteiger partial charge in [0.05, 0.1) is 4.88 Å². The molecule has 2 rings (SSSR count). The molecular formula is C13H13N3OS. The molecule has 0 aliphatic heterocycles. The van der Waals surface area contributed by atoms with Gasteiger partial charge in [0.25, 0.3) is 0 Å². The van der Waals surface area contributed by atoms with Crippen LogP contribution in [0, 0.1) is 0 Å². The van der Waals surface area contributed by atoms with E-state index in [0.717, 1.165) is 10.6 Å². The molecule has 0 spiro atoms. The van der Waals surface area contributed by atoms with Crippen LogP contribution < -0.4 is 0 Å². The Bertz CT molecular complexity index is 561. The van der Waals surface area contributed by atoms with Crippen LogP contribution in [0.3, 0.4) is 0 Å². The van der Waals surface area contributed by atoms with Gasteiger partial charge in [-0.3, -0.25) is 9.78 Å². The Labute approximate surface area is 110 Å². The molecular weight excluding hydrogens is 246 g/mol. The van der Waals surface area contributed by atoms with E-state index >= 15 is 0 Å². The molecule has 0 aliphatic carbocycles. The maximum atomic E-state index is 11.8. The molecule has 2 aromatic heterocycles. The largest absolute Gasteiger partial charge is 0.383 e. The Morgan fingerprint density at radius 3 is 2.72 bits per heavy atom. The molecule has 0 unspecified atom stereocenters. The van der Waals surface area contributed by atoms with Crippen LogP contribution in [0.25, 0.3) is 10.6 Å². The van der Waals surface area contributed by atoms with Crippen LogP contribution in [0.4, 0.5) is 0 Å². The van der Waals surface area contributed by atoms with Gasteiger partial charge in [-0.25, -0.2) is 4.98 Å². The minimum Gasteiger partial charge on any atom is -0.383 e. The highest BCUT2D eigenvalue weighted by Gasteiger charge is 2.09. The van der Waals surface area contributed by atoms with Gasteiger partial charge in [0.1, 0.15) is 5.01 Å². The summed E-state index contributed by atoms with van der Waals surface area (Å²) >= 11 is 1.39. The molecule has 0 atom stereocenters. The molecule has 2 heterocycles. The van der Waals surface area contributed by atoms with Gasteiger partial charge in [0.2, 0.25) is 0 Å². The Kier molecular flexibility index (Phi) is 3.84. The van der Waals surface area contributed by atoms with Crippen LogP contribution in [0.2, 0.25) is 0 Å². The highest BCUT2D eigenvalue weighted by molar-refractivity contribution is 7.17. The van der Waals surface area contributed by atoms with Gasteiger partial charge < -0.3 is 4.90 Å². The molecule has 0 saturated heterocycles. The van der Waals surface area contributed by atoms with Crippen molar-refractivity contribution in [1.82, 2.24) is 14.9 Å². The van der Waals surface area contributed by atoms with Gasteiger partial charge in [-0.05, 0) is 12.1 Å². The smallest absolute Gasteiger partial charge is 0.198 e. The second-order valence-electron chi connectivity index (χ2n) is 3.91. The third-order valence-corrected chi connectivity index (χ3v) is 3.26. The van der Waals surface area contributed by atoms with Crippen LogP contribution in [-0.2, 0) is 0 Å². The lowest BCUT2D eigenvalue weighted by Crippen LogP contribution is -2.02. The van der Waals surface area contributed by atoms with Gasteiger partial charge in [0, 0.05) is 50.5 Å². The maximum Gasteiger partial charge on any atom is 0.198 e. The molecule has 0 fully saturated rings. The number of aromatic nitrogens is 2. The standard InChI is InChI=1S/C13H13N3OS/c1-16(2)8-5-11(17)12-9-15-13(18-12)10-3-6-14-7-4-10/h3-9H,1-2H3/b8-5+. The number of carbonyl (C=O) groups is 1. The molecule has 92 valence electrons. The van der Waals surface area contributed by atoms with E-state index in [1.807, 2.05) is 31.1 Å². The zero-order chi connectivity index (χ0) is 13.0. The topological polar surface area (TPSA) is 46.1 Å². The number of thiazole rings is 1. The summed E-state index contributed by atoms with van der Waals surface area (Å²) in [5.74, 6) is -0.0264. The lowest BCUT2D eigenvalue weighted by molar-refractivity contribution is 0.104. The Balaban J connectivity index is 2.19. The first-order chi connectivity index (χ1) is 8.66. The van der Waals surface area contributed by atoms with Gasteiger partial charge in [0.15, 0.2) is 5.78 Å². The van der Waals surface area contributed by atoms with Gasteiger partial charge >= 0.3 is 0 Å². The fraction of sp³-hybridized carbons (Fsp3) is 0.154. The van der Waals surface area contributed by atoms with Crippen LogP contribution in [0.15, 0.2) is 43.0 Å². The number of hydrogen-bond acceptors (Lipinski definition) is 5. The molecule has 2 aromatic rings. The Morgan fingerprint density at radius 1 is 1.33 bits per heavy atom. The maximum absolute atomic E-state index is 11.8. The Hall–Kier alpha value is -2.01. The summed E-state index contributed by atoms with van der Waals surface area (Å²) in [6.45, 7) is 0. The average molecular weight is 259 g/mol. The zero-order valence-electron chi connectivity index (χ0n) is 10.2. The van der Waals surface area contributed by atoms with Crippen molar-refractivity contribution in [3.8, 4) is 10.6 Å². The highest BCUT2D eigenvalue weighted by atomic mass is 32.1. The molecule has 5 heteroatoms. The van der Waals surface area contributed by atoms with Crippen molar-refractivity contribution in [2.45, 2.75) is 0 Å². The molecule has 0 aliphatic rings. The molecule has 0 aromatic carbocycles. The second-order valence-corrected chi connectivity index (χ2v) is 4.94. The summed E-state index contributed by atoms with van der Waals surface area (Å²) in [4.78, 5) is 22.5. The van der Waals surface area contributed by atoms with Crippen molar-refractivity contribution in [3.63, 3.8) is 0 Å². The molecule has 0 N–H and O–H groups in total. The fourth-order valence-corrected chi connectivity index (χ4v) is 2.16. The monoisotopic (exact) mass is 259 g/mol. The number of allylic oxidation sites excluding steroid dienone is 1. The molecule has 0 amide bonds. The van der Waals surface area contributed by atoms with Crippen molar-refractivity contribution >= 4 is 17.1 Å². The van der Waals surface area contributed by atoms with E-state index < -0.39 is 0 Å². The molecule has 4 nitrogen and oxygen atoms in total. The van der Waals surface area contributed by atoms with Crippen LogP contribution in [0.5, 0.6) is 0 Å². The number of carbonyl (C=O) groups excluding carboxylic acids is 1. The van der Waals surface area contributed by atoms with E-state index in [0.29, 0.717) is 4.88 Å². The van der Waals surface area contributed by atoms with Crippen LogP contribution >= 0.6 is 11.3 Å². The summed E-state index contributed by atoms with van der Waals surface area (Å²) < 4.78 is 0. The third kappa shape index (κ3) is 3.01. The van der Waals surface area contributed by atoms with E-state index in [2.05, 4.69) is 9.97 Å². The number of ketones is 1. The third-order valence-electron chi connectivity index (χ3n) is 2.20. The summed E-state index contributed by atoms with van der Waals surface area (Å²) in [6, 6.07) is 3.76. The molecule has 0 saturated carbocycles. The van der Waals surface area contributed by atoms with Crippen LogP contribution in [0.1, 0.15) is 9.67 Å². The first kappa shape index (κ1) is 12.4. The molecule has 0 radical (unpaired) electrons. The van der Waals surface area contributed by atoms with Crippen molar-refractivity contribution in [3.05, 3.63) is 47.9 Å². The van der Waals surface area contributed by atoms with E-state index in [1.54, 1.807) is 30.9 Å². The summed E-state index contributed by atoms with van der Waals surface area (Å²) in [6.07, 6.45) is 8.31. The quantitative estimate of drug-likeness (QED) is 0.625. The average Bonchev–Trinajstić information content (AvgIpc) is 2.86. The number of rotatable bonds is 4. The number of nitrogens with zero attached hydrogens (tertiary/aromatic N) is 3. The van der Waals surface area contributed by atoms with E-state index in [1.165, 1.54) is 11.3 Å². The van der Waals surface area contributed by atoms with Crippen LogP contribution in [-0.4, -0.2) is 34.7 Å². The predicted molar refractivity (Wildman–Crippen MR) is 72.5 cm³/mol. The second kappa shape index (κ2) is 5.55. The number of pyridine rings is 1. The highest BCUT2D eigenvalue weighted by Crippen LogP contribution is 2.24. The normalized spacial score (nSPS) is 10.8. The lowest BCUT2D eigenvalue weighted by atomic mass is 10.3. The minimum atomic E-state index is -0.0264. The van der Waals surface area contributed by atoms with E-state index in [9.17, 15) is 4.79 Å². The molecule has 0 bridgehead atoms. The van der Waals surface area contributed by atoms with Gasteiger partial charge in [-0.1, -0.05) is 0 Å². The summed E-state index contributed by atoms with van der Waals surface area (Å²) in [5, 5.41) is 0.832. The minimum absolute atomic E-state index is 0.0264.